The Hall–Kier alpha value is -0.570. The van der Waals surface area contributed by atoms with Crippen molar-refractivity contribution in [3.8, 4) is 0 Å². The van der Waals surface area contributed by atoms with Gasteiger partial charge in [0.25, 0.3) is 0 Å². The Kier molecular flexibility index (Phi) is 3.29. The number of carbonyl (C=O) groups is 1. The lowest BCUT2D eigenvalue weighted by atomic mass is 9.89. The monoisotopic (exact) mass is 211 g/mol. The minimum Gasteiger partial charge on any atom is -0.372 e. The van der Waals surface area contributed by atoms with Gasteiger partial charge in [-0.25, -0.2) is 0 Å². The van der Waals surface area contributed by atoms with Crippen LogP contribution in [0.15, 0.2) is 0 Å². The van der Waals surface area contributed by atoms with Crippen LogP contribution in [0.3, 0.4) is 0 Å². The molecule has 0 aromatic heterocycles. The fourth-order valence-corrected chi connectivity index (χ4v) is 3.11. The molecule has 4 atom stereocenters. The van der Waals surface area contributed by atoms with E-state index in [1.54, 1.807) is 14.0 Å². The maximum absolute atomic E-state index is 11.5. The van der Waals surface area contributed by atoms with Crippen molar-refractivity contribution in [3.63, 3.8) is 0 Å². The molecule has 0 aliphatic heterocycles. The maximum atomic E-state index is 11.5. The van der Waals surface area contributed by atoms with Crippen LogP contribution >= 0.6 is 0 Å². The predicted octanol–water partition coefficient (Wildman–Crippen LogP) is 1.57. The zero-order valence-electron chi connectivity index (χ0n) is 9.66. The average molecular weight is 211 g/mol. The van der Waals surface area contributed by atoms with Gasteiger partial charge in [-0.05, 0) is 43.9 Å². The smallest absolute Gasteiger partial charge is 0.248 e. The van der Waals surface area contributed by atoms with Crippen molar-refractivity contribution in [2.24, 2.45) is 17.8 Å². The number of hydrogen-bond acceptors (Lipinski definition) is 2. The van der Waals surface area contributed by atoms with Crippen LogP contribution in [0, 0.1) is 17.8 Å². The fraction of sp³-hybridized carbons (Fsp3) is 0.917. The number of fused-ring (bicyclic) bond motifs is 2. The highest BCUT2D eigenvalue weighted by Crippen LogP contribution is 2.47. The van der Waals surface area contributed by atoms with Crippen LogP contribution in [0.2, 0.25) is 0 Å². The van der Waals surface area contributed by atoms with Crippen molar-refractivity contribution in [1.82, 2.24) is 5.32 Å². The summed E-state index contributed by atoms with van der Waals surface area (Å²) in [5, 5.41) is 3.00. The highest BCUT2D eigenvalue weighted by molar-refractivity contribution is 5.80. The molecule has 0 radical (unpaired) electrons. The molecule has 0 spiro atoms. The number of rotatable bonds is 4. The average Bonchev–Trinajstić information content (AvgIpc) is 2.86. The summed E-state index contributed by atoms with van der Waals surface area (Å²) in [6.45, 7) is 2.64. The van der Waals surface area contributed by atoms with Gasteiger partial charge in [-0.3, -0.25) is 4.79 Å². The number of amides is 1. The minimum atomic E-state index is -0.316. The summed E-state index contributed by atoms with van der Waals surface area (Å²) in [6.07, 6.45) is 5.21. The molecule has 4 unspecified atom stereocenters. The number of nitrogens with one attached hydrogen (secondary N) is 1. The zero-order valence-corrected chi connectivity index (χ0v) is 9.66. The van der Waals surface area contributed by atoms with Crippen molar-refractivity contribution in [3.05, 3.63) is 0 Å². The van der Waals surface area contributed by atoms with Crippen LogP contribution < -0.4 is 5.32 Å². The molecule has 2 rings (SSSR count). The van der Waals surface area contributed by atoms with Gasteiger partial charge < -0.3 is 10.1 Å². The number of methoxy groups -OCH3 is 1. The molecule has 2 bridgehead atoms. The first kappa shape index (κ1) is 10.9. The van der Waals surface area contributed by atoms with Crippen LogP contribution in [-0.4, -0.2) is 25.7 Å². The Bertz CT molecular complexity index is 242. The van der Waals surface area contributed by atoms with Crippen molar-refractivity contribution >= 4 is 5.91 Å². The number of hydrogen-bond donors (Lipinski definition) is 1. The second-order valence-electron chi connectivity index (χ2n) is 5.06. The first-order valence-corrected chi connectivity index (χ1v) is 6.01. The summed E-state index contributed by atoms with van der Waals surface area (Å²) in [6, 6.07) is 0. The second kappa shape index (κ2) is 4.52. The molecule has 2 fully saturated rings. The van der Waals surface area contributed by atoms with Gasteiger partial charge in [-0.15, -0.1) is 0 Å². The summed E-state index contributed by atoms with van der Waals surface area (Å²) in [4.78, 5) is 11.5. The number of ether oxygens (including phenoxy) is 1. The predicted molar refractivity (Wildman–Crippen MR) is 58.4 cm³/mol. The molecule has 0 aromatic carbocycles. The third kappa shape index (κ3) is 2.33. The first-order chi connectivity index (χ1) is 7.20. The van der Waals surface area contributed by atoms with E-state index in [4.69, 9.17) is 4.74 Å². The van der Waals surface area contributed by atoms with E-state index in [0.29, 0.717) is 0 Å². The second-order valence-corrected chi connectivity index (χ2v) is 5.06. The normalized spacial score (nSPS) is 35.5. The van der Waals surface area contributed by atoms with E-state index in [1.807, 2.05) is 0 Å². The Morgan fingerprint density at radius 2 is 2.27 bits per heavy atom. The molecular formula is C12H21NO2. The van der Waals surface area contributed by atoms with Crippen molar-refractivity contribution in [2.75, 3.05) is 13.7 Å². The van der Waals surface area contributed by atoms with Crippen molar-refractivity contribution in [1.29, 1.82) is 0 Å². The SMILES string of the molecule is COC(C)C(=O)NCC1CC2CCC1C2. The van der Waals surface area contributed by atoms with Crippen LogP contribution in [0.25, 0.3) is 0 Å². The molecule has 1 N–H and O–H groups in total. The van der Waals surface area contributed by atoms with Crippen molar-refractivity contribution < 1.29 is 9.53 Å². The van der Waals surface area contributed by atoms with Gasteiger partial charge in [-0.2, -0.15) is 0 Å². The molecule has 86 valence electrons. The van der Waals surface area contributed by atoms with E-state index in [-0.39, 0.29) is 12.0 Å². The summed E-state index contributed by atoms with van der Waals surface area (Å²) < 4.78 is 4.98. The van der Waals surface area contributed by atoms with Gasteiger partial charge in [0.05, 0.1) is 0 Å². The van der Waals surface area contributed by atoms with Gasteiger partial charge in [0, 0.05) is 13.7 Å². The molecular weight excluding hydrogens is 190 g/mol. The highest BCUT2D eigenvalue weighted by Gasteiger charge is 2.39. The molecule has 1 amide bonds. The van der Waals surface area contributed by atoms with Crippen molar-refractivity contribution in [2.45, 2.75) is 38.7 Å². The van der Waals surface area contributed by atoms with Crippen LogP contribution in [-0.2, 0) is 9.53 Å². The summed E-state index contributed by atoms with van der Waals surface area (Å²) in [5.74, 6) is 2.60. The van der Waals surface area contributed by atoms with Gasteiger partial charge in [0.2, 0.25) is 5.91 Å². The lowest BCUT2D eigenvalue weighted by Gasteiger charge is -2.22. The van der Waals surface area contributed by atoms with E-state index in [2.05, 4.69) is 5.32 Å². The minimum absolute atomic E-state index is 0.0280. The van der Waals surface area contributed by atoms with E-state index in [0.717, 1.165) is 24.3 Å². The molecule has 2 aliphatic carbocycles. The molecule has 15 heavy (non-hydrogen) atoms. The third-order valence-corrected chi connectivity index (χ3v) is 4.15. The summed E-state index contributed by atoms with van der Waals surface area (Å²) in [7, 11) is 1.57. The van der Waals surface area contributed by atoms with E-state index in [9.17, 15) is 4.79 Å². The Morgan fingerprint density at radius 3 is 2.80 bits per heavy atom. The van der Waals surface area contributed by atoms with E-state index < -0.39 is 0 Å². The Balaban J connectivity index is 1.72. The lowest BCUT2D eigenvalue weighted by molar-refractivity contribution is -0.130. The van der Waals surface area contributed by atoms with Gasteiger partial charge in [0.1, 0.15) is 6.10 Å². The van der Waals surface area contributed by atoms with Crippen LogP contribution in [0.1, 0.15) is 32.6 Å². The standard InChI is InChI=1S/C12H21NO2/c1-8(15-2)12(14)13-7-11-6-9-3-4-10(11)5-9/h8-11H,3-7H2,1-2H3,(H,13,14). The molecule has 2 saturated carbocycles. The quantitative estimate of drug-likeness (QED) is 0.766. The lowest BCUT2D eigenvalue weighted by Crippen LogP contribution is -2.38. The molecule has 3 nitrogen and oxygen atoms in total. The molecule has 0 heterocycles. The van der Waals surface area contributed by atoms with Crippen LogP contribution in [0.4, 0.5) is 0 Å². The molecule has 3 heteroatoms. The van der Waals surface area contributed by atoms with E-state index in [1.165, 1.54) is 25.7 Å². The zero-order chi connectivity index (χ0) is 10.8. The third-order valence-electron chi connectivity index (χ3n) is 4.15. The number of carbonyl (C=O) groups excluding carboxylic acids is 1. The van der Waals surface area contributed by atoms with Gasteiger partial charge in [0.15, 0.2) is 0 Å². The topological polar surface area (TPSA) is 38.3 Å². The summed E-state index contributed by atoms with van der Waals surface area (Å²) >= 11 is 0. The molecule has 0 aromatic rings. The molecule has 2 aliphatic rings. The maximum Gasteiger partial charge on any atom is 0.248 e. The Labute approximate surface area is 91.6 Å². The highest BCUT2D eigenvalue weighted by atomic mass is 16.5. The molecule has 0 saturated heterocycles. The fourth-order valence-electron chi connectivity index (χ4n) is 3.11. The summed E-state index contributed by atoms with van der Waals surface area (Å²) in [5.41, 5.74) is 0. The first-order valence-electron chi connectivity index (χ1n) is 6.01. The van der Waals surface area contributed by atoms with Crippen LogP contribution in [0.5, 0.6) is 0 Å². The van der Waals surface area contributed by atoms with Gasteiger partial charge >= 0.3 is 0 Å². The Morgan fingerprint density at radius 1 is 1.47 bits per heavy atom. The largest absolute Gasteiger partial charge is 0.372 e. The van der Waals surface area contributed by atoms with Gasteiger partial charge in [-0.1, -0.05) is 6.42 Å². The van der Waals surface area contributed by atoms with E-state index >= 15 is 0 Å².